The van der Waals surface area contributed by atoms with E-state index in [4.69, 9.17) is 0 Å². The highest BCUT2D eigenvalue weighted by Crippen LogP contribution is 2.17. The van der Waals surface area contributed by atoms with Crippen LogP contribution < -0.4 is 5.32 Å². The fraction of sp³-hybridized carbons (Fsp3) is 0.273. The third-order valence-electron chi connectivity index (χ3n) is 4.96. The molecule has 0 unspecified atom stereocenters. The Morgan fingerprint density at radius 2 is 1.86 bits per heavy atom. The molecule has 0 spiro atoms. The van der Waals surface area contributed by atoms with Crippen molar-refractivity contribution in [3.8, 4) is 0 Å². The molecular formula is C22H23N5O2. The largest absolute Gasteiger partial charge is 0.346 e. The first-order chi connectivity index (χ1) is 14.1. The second-order valence-electron chi connectivity index (χ2n) is 7.11. The first-order valence-corrected chi connectivity index (χ1v) is 9.77. The summed E-state index contributed by atoms with van der Waals surface area (Å²) >= 11 is 0. The van der Waals surface area contributed by atoms with Crippen molar-refractivity contribution in [2.75, 3.05) is 6.54 Å². The second kappa shape index (κ2) is 8.26. The summed E-state index contributed by atoms with van der Waals surface area (Å²) in [5, 5.41) is 8.79. The van der Waals surface area contributed by atoms with Crippen LogP contribution >= 0.6 is 0 Å². The maximum absolute atomic E-state index is 12.4. The van der Waals surface area contributed by atoms with E-state index in [0.29, 0.717) is 12.4 Å². The Bertz CT molecular complexity index is 1020. The summed E-state index contributed by atoms with van der Waals surface area (Å²) in [6, 6.07) is 17.3. The number of benzene rings is 2. The van der Waals surface area contributed by atoms with Gasteiger partial charge in [0.25, 0.3) is 0 Å². The summed E-state index contributed by atoms with van der Waals surface area (Å²) in [5.41, 5.74) is 3.72. The molecular weight excluding hydrogens is 366 g/mol. The van der Waals surface area contributed by atoms with Crippen LogP contribution in [0.3, 0.4) is 0 Å². The zero-order valence-electron chi connectivity index (χ0n) is 16.3. The SMILES string of the molecule is C[C@@H](NC(=O)CCC(=O)N1CCC(c2ccccc2)=N1)c1nc2ccccc2[nH]1. The summed E-state index contributed by atoms with van der Waals surface area (Å²) in [6.45, 7) is 2.43. The summed E-state index contributed by atoms with van der Waals surface area (Å²) in [7, 11) is 0. The van der Waals surface area contributed by atoms with Gasteiger partial charge < -0.3 is 10.3 Å². The van der Waals surface area contributed by atoms with Crippen molar-refractivity contribution in [2.45, 2.75) is 32.2 Å². The molecule has 2 heterocycles. The highest BCUT2D eigenvalue weighted by atomic mass is 16.2. The lowest BCUT2D eigenvalue weighted by molar-refractivity contribution is -0.133. The summed E-state index contributed by atoms with van der Waals surface area (Å²) in [4.78, 5) is 32.4. The Kier molecular flexibility index (Phi) is 5.37. The van der Waals surface area contributed by atoms with Gasteiger partial charge >= 0.3 is 0 Å². The normalized spacial score (nSPS) is 14.7. The number of nitrogens with zero attached hydrogens (tertiary/aromatic N) is 3. The minimum absolute atomic E-state index is 0.121. The maximum atomic E-state index is 12.4. The average Bonchev–Trinajstić information content (AvgIpc) is 3.40. The zero-order valence-corrected chi connectivity index (χ0v) is 16.3. The number of hydrogen-bond donors (Lipinski definition) is 2. The van der Waals surface area contributed by atoms with Crippen molar-refractivity contribution in [3.05, 3.63) is 66.0 Å². The highest BCUT2D eigenvalue weighted by molar-refractivity contribution is 6.02. The Labute approximate surface area is 168 Å². The molecule has 0 saturated carbocycles. The second-order valence-corrected chi connectivity index (χ2v) is 7.11. The number of hydrazone groups is 1. The van der Waals surface area contributed by atoms with Crippen molar-refractivity contribution in [2.24, 2.45) is 5.10 Å². The number of nitrogens with one attached hydrogen (secondary N) is 2. The molecule has 7 heteroatoms. The lowest BCUT2D eigenvalue weighted by atomic mass is 10.1. The van der Waals surface area contributed by atoms with Crippen molar-refractivity contribution < 1.29 is 9.59 Å². The fourth-order valence-electron chi connectivity index (χ4n) is 3.38. The highest BCUT2D eigenvalue weighted by Gasteiger charge is 2.22. The van der Waals surface area contributed by atoms with Crippen LogP contribution in [0.1, 0.15) is 43.6 Å². The van der Waals surface area contributed by atoms with E-state index >= 15 is 0 Å². The molecule has 7 nitrogen and oxygen atoms in total. The Morgan fingerprint density at radius 3 is 2.66 bits per heavy atom. The number of aromatic amines is 1. The average molecular weight is 389 g/mol. The van der Waals surface area contributed by atoms with Gasteiger partial charge in [0.05, 0.1) is 29.3 Å². The lowest BCUT2D eigenvalue weighted by Gasteiger charge is -2.13. The van der Waals surface area contributed by atoms with Crippen LogP contribution in [0.4, 0.5) is 0 Å². The van der Waals surface area contributed by atoms with Crippen LogP contribution in [0.15, 0.2) is 59.7 Å². The number of H-pyrrole nitrogens is 1. The molecule has 1 aliphatic heterocycles. The Morgan fingerprint density at radius 1 is 1.10 bits per heavy atom. The van der Waals surface area contributed by atoms with E-state index in [-0.39, 0.29) is 30.7 Å². The minimum atomic E-state index is -0.264. The monoisotopic (exact) mass is 389 g/mol. The van der Waals surface area contributed by atoms with E-state index in [1.54, 1.807) is 0 Å². The lowest BCUT2D eigenvalue weighted by Crippen LogP contribution is -2.30. The molecule has 3 aromatic rings. The van der Waals surface area contributed by atoms with Crippen LogP contribution in [-0.4, -0.2) is 39.0 Å². The smallest absolute Gasteiger partial charge is 0.243 e. The number of fused-ring (bicyclic) bond motifs is 1. The van der Waals surface area contributed by atoms with Gasteiger partial charge in [0.15, 0.2) is 0 Å². The van der Waals surface area contributed by atoms with Crippen molar-refractivity contribution in [1.29, 1.82) is 0 Å². The summed E-state index contributed by atoms with van der Waals surface area (Å²) in [5.74, 6) is 0.378. The minimum Gasteiger partial charge on any atom is -0.346 e. The van der Waals surface area contributed by atoms with Crippen LogP contribution in [0.25, 0.3) is 11.0 Å². The first kappa shape index (κ1) is 18.9. The molecule has 2 amide bonds. The number of amides is 2. The molecule has 0 fully saturated rings. The fourth-order valence-corrected chi connectivity index (χ4v) is 3.38. The zero-order chi connectivity index (χ0) is 20.2. The van der Waals surface area contributed by atoms with Gasteiger partial charge in [-0.05, 0) is 24.6 Å². The number of para-hydroxylation sites is 2. The van der Waals surface area contributed by atoms with Gasteiger partial charge in [0, 0.05) is 19.3 Å². The van der Waals surface area contributed by atoms with E-state index in [1.807, 2.05) is 61.5 Å². The van der Waals surface area contributed by atoms with Crippen LogP contribution in [-0.2, 0) is 9.59 Å². The van der Waals surface area contributed by atoms with E-state index in [2.05, 4.69) is 20.4 Å². The molecule has 0 radical (unpaired) electrons. The van der Waals surface area contributed by atoms with E-state index in [1.165, 1.54) is 5.01 Å². The molecule has 1 aromatic heterocycles. The molecule has 148 valence electrons. The molecule has 0 saturated heterocycles. The molecule has 2 aromatic carbocycles. The standard InChI is InChI=1S/C22H23N5O2/c1-15(22-24-18-9-5-6-10-19(18)25-22)23-20(28)11-12-21(29)27-14-13-17(26-27)16-7-3-2-4-8-16/h2-10,15H,11-14H2,1H3,(H,23,28)(H,24,25)/t15-/m1/s1. The number of carbonyl (C=O) groups is 2. The molecule has 1 aliphatic rings. The van der Waals surface area contributed by atoms with Crippen LogP contribution in [0.5, 0.6) is 0 Å². The number of imidazole rings is 1. The van der Waals surface area contributed by atoms with Gasteiger partial charge in [0.1, 0.15) is 5.82 Å². The number of aromatic nitrogens is 2. The van der Waals surface area contributed by atoms with Gasteiger partial charge in [-0.25, -0.2) is 9.99 Å². The third-order valence-corrected chi connectivity index (χ3v) is 4.96. The molecule has 4 rings (SSSR count). The van der Waals surface area contributed by atoms with Gasteiger partial charge in [-0.3, -0.25) is 9.59 Å². The van der Waals surface area contributed by atoms with Crippen LogP contribution in [0.2, 0.25) is 0 Å². The maximum Gasteiger partial charge on any atom is 0.243 e. The van der Waals surface area contributed by atoms with E-state index < -0.39 is 0 Å². The van der Waals surface area contributed by atoms with Gasteiger partial charge in [-0.15, -0.1) is 0 Å². The molecule has 1 atom stereocenters. The van der Waals surface area contributed by atoms with Crippen molar-refractivity contribution in [1.82, 2.24) is 20.3 Å². The van der Waals surface area contributed by atoms with Crippen LogP contribution in [0, 0.1) is 0 Å². The number of carbonyl (C=O) groups excluding carboxylic acids is 2. The van der Waals surface area contributed by atoms with Gasteiger partial charge in [-0.2, -0.15) is 5.10 Å². The topological polar surface area (TPSA) is 90.4 Å². The summed E-state index contributed by atoms with van der Waals surface area (Å²) in [6.07, 6.45) is 0.978. The number of rotatable bonds is 6. The number of hydrogen-bond acceptors (Lipinski definition) is 4. The molecule has 0 bridgehead atoms. The quantitative estimate of drug-likeness (QED) is 0.678. The van der Waals surface area contributed by atoms with Crippen molar-refractivity contribution in [3.63, 3.8) is 0 Å². The molecule has 29 heavy (non-hydrogen) atoms. The summed E-state index contributed by atoms with van der Waals surface area (Å²) < 4.78 is 0. The van der Waals surface area contributed by atoms with E-state index in [0.717, 1.165) is 28.7 Å². The van der Waals surface area contributed by atoms with Crippen molar-refractivity contribution >= 4 is 28.6 Å². The Balaban J connectivity index is 1.29. The Hall–Kier alpha value is -3.48. The predicted molar refractivity (Wildman–Crippen MR) is 111 cm³/mol. The third kappa shape index (κ3) is 4.34. The van der Waals surface area contributed by atoms with Gasteiger partial charge in [0.2, 0.25) is 11.8 Å². The molecule has 2 N–H and O–H groups in total. The predicted octanol–water partition coefficient (Wildman–Crippen LogP) is 3.16. The van der Waals surface area contributed by atoms with Gasteiger partial charge in [-0.1, -0.05) is 42.5 Å². The van der Waals surface area contributed by atoms with E-state index in [9.17, 15) is 9.59 Å². The first-order valence-electron chi connectivity index (χ1n) is 9.77. The molecule has 0 aliphatic carbocycles.